The molecule has 6 heteroatoms. The summed E-state index contributed by atoms with van der Waals surface area (Å²) in [5, 5.41) is 2.93. The molecule has 19 heavy (non-hydrogen) atoms. The van der Waals surface area contributed by atoms with Crippen LogP contribution in [0.4, 0.5) is 4.39 Å². The van der Waals surface area contributed by atoms with Crippen molar-refractivity contribution in [1.82, 2.24) is 5.32 Å². The molecule has 0 spiro atoms. The second kappa shape index (κ2) is 7.40. The Labute approximate surface area is 133 Å². The summed E-state index contributed by atoms with van der Waals surface area (Å²) in [6, 6.07) is 4.11. The van der Waals surface area contributed by atoms with E-state index in [-0.39, 0.29) is 30.0 Å². The van der Waals surface area contributed by atoms with E-state index in [0.717, 1.165) is 0 Å². The van der Waals surface area contributed by atoms with E-state index in [4.69, 9.17) is 5.73 Å². The van der Waals surface area contributed by atoms with E-state index in [1.54, 1.807) is 0 Å². The smallest absolute Gasteiger partial charge is 0.252 e. The van der Waals surface area contributed by atoms with Crippen molar-refractivity contribution in [3.8, 4) is 0 Å². The summed E-state index contributed by atoms with van der Waals surface area (Å²) >= 11 is 1.95. The average molecular weight is 401 g/mol. The molecule has 1 atom stereocenters. The minimum Gasteiger partial charge on any atom is -0.345 e. The van der Waals surface area contributed by atoms with Crippen LogP contribution < -0.4 is 11.1 Å². The first-order valence-corrected chi connectivity index (χ1v) is 6.85. The molecular formula is C13H19ClFIN2O. The van der Waals surface area contributed by atoms with Gasteiger partial charge < -0.3 is 11.1 Å². The molecule has 0 aliphatic carbocycles. The molecule has 1 aromatic carbocycles. The van der Waals surface area contributed by atoms with Gasteiger partial charge in [0.05, 0.1) is 11.1 Å². The monoisotopic (exact) mass is 400 g/mol. The third-order valence-corrected chi connectivity index (χ3v) is 4.17. The van der Waals surface area contributed by atoms with Gasteiger partial charge in [-0.2, -0.15) is 0 Å². The minimum atomic E-state index is -0.464. The molecule has 1 unspecified atom stereocenters. The average Bonchev–Trinajstić information content (AvgIpc) is 2.28. The minimum absolute atomic E-state index is 0. The molecule has 0 aliphatic rings. The van der Waals surface area contributed by atoms with E-state index in [9.17, 15) is 9.18 Å². The Balaban J connectivity index is 0.00000324. The first kappa shape index (κ1) is 18.6. The zero-order valence-electron chi connectivity index (χ0n) is 11.2. The van der Waals surface area contributed by atoms with Gasteiger partial charge in [-0.3, -0.25) is 4.79 Å². The first-order chi connectivity index (χ1) is 8.30. The molecule has 0 heterocycles. The van der Waals surface area contributed by atoms with E-state index in [0.29, 0.717) is 15.7 Å². The third-order valence-electron chi connectivity index (χ3n) is 3.27. The Bertz CT molecular complexity index is 456. The highest BCUT2D eigenvalue weighted by atomic mass is 127. The van der Waals surface area contributed by atoms with Gasteiger partial charge in [-0.05, 0) is 53.6 Å². The molecule has 0 radical (unpaired) electrons. The summed E-state index contributed by atoms with van der Waals surface area (Å²) in [5.41, 5.74) is 5.73. The molecule has 3 nitrogen and oxygen atoms in total. The van der Waals surface area contributed by atoms with Gasteiger partial charge in [0, 0.05) is 10.1 Å². The highest BCUT2D eigenvalue weighted by molar-refractivity contribution is 14.1. The first-order valence-electron chi connectivity index (χ1n) is 5.78. The predicted molar refractivity (Wildman–Crippen MR) is 86.1 cm³/mol. The number of nitrogens with one attached hydrogen (secondary N) is 1. The van der Waals surface area contributed by atoms with Gasteiger partial charge in [0.2, 0.25) is 0 Å². The number of halogens is 3. The second-order valence-electron chi connectivity index (χ2n) is 4.85. The van der Waals surface area contributed by atoms with Crippen molar-refractivity contribution in [3.63, 3.8) is 0 Å². The second-order valence-corrected chi connectivity index (χ2v) is 6.02. The fourth-order valence-electron chi connectivity index (χ4n) is 1.43. The molecule has 0 saturated carbocycles. The lowest BCUT2D eigenvalue weighted by atomic mass is 9.88. The largest absolute Gasteiger partial charge is 0.345 e. The number of rotatable bonds is 4. The van der Waals surface area contributed by atoms with Gasteiger partial charge in [0.15, 0.2) is 0 Å². The van der Waals surface area contributed by atoms with Crippen molar-refractivity contribution in [2.75, 3.05) is 6.54 Å². The number of hydrogen-bond acceptors (Lipinski definition) is 2. The van der Waals surface area contributed by atoms with Crippen molar-refractivity contribution in [2.45, 2.75) is 26.3 Å². The Kier molecular flexibility index (Phi) is 7.24. The molecule has 108 valence electrons. The fourth-order valence-corrected chi connectivity index (χ4v) is 2.15. The van der Waals surface area contributed by atoms with Crippen LogP contribution in [0.1, 0.15) is 31.1 Å². The maximum Gasteiger partial charge on any atom is 0.252 e. The highest BCUT2D eigenvalue weighted by Crippen LogP contribution is 2.18. The molecule has 0 fully saturated rings. The zero-order valence-corrected chi connectivity index (χ0v) is 14.1. The number of carbonyl (C=O) groups is 1. The summed E-state index contributed by atoms with van der Waals surface area (Å²) in [6.07, 6.45) is 0. The normalized spacial score (nSPS) is 13.6. The Morgan fingerprint density at radius 2 is 2.11 bits per heavy atom. The van der Waals surface area contributed by atoms with Gasteiger partial charge in [-0.25, -0.2) is 4.39 Å². The van der Waals surface area contributed by atoms with Crippen LogP contribution in [0.3, 0.4) is 0 Å². The van der Waals surface area contributed by atoms with Crippen molar-refractivity contribution in [1.29, 1.82) is 0 Å². The van der Waals surface area contributed by atoms with Crippen LogP contribution in [-0.4, -0.2) is 18.0 Å². The fraction of sp³-hybridized carbons (Fsp3) is 0.462. The van der Waals surface area contributed by atoms with Crippen LogP contribution in [-0.2, 0) is 0 Å². The number of benzene rings is 1. The lowest BCUT2D eigenvalue weighted by Crippen LogP contribution is -2.55. The maximum atomic E-state index is 13.0. The quantitative estimate of drug-likeness (QED) is 0.764. The molecule has 0 bridgehead atoms. The molecule has 1 aromatic rings. The Morgan fingerprint density at radius 1 is 1.53 bits per heavy atom. The van der Waals surface area contributed by atoms with Gasteiger partial charge in [-0.15, -0.1) is 12.4 Å². The van der Waals surface area contributed by atoms with E-state index in [1.807, 2.05) is 43.4 Å². The number of amides is 1. The van der Waals surface area contributed by atoms with E-state index >= 15 is 0 Å². The summed E-state index contributed by atoms with van der Waals surface area (Å²) in [7, 11) is 0. The van der Waals surface area contributed by atoms with Gasteiger partial charge >= 0.3 is 0 Å². The zero-order chi connectivity index (χ0) is 13.9. The van der Waals surface area contributed by atoms with Crippen molar-refractivity contribution < 1.29 is 9.18 Å². The van der Waals surface area contributed by atoms with Crippen LogP contribution in [0.25, 0.3) is 0 Å². The number of carbonyl (C=O) groups excluding carboxylic acids is 1. The van der Waals surface area contributed by atoms with E-state index < -0.39 is 5.54 Å². The molecule has 1 rings (SSSR count). The Hall–Kier alpha value is -0.400. The van der Waals surface area contributed by atoms with Crippen LogP contribution in [0, 0.1) is 15.3 Å². The lowest BCUT2D eigenvalue weighted by molar-refractivity contribution is 0.0882. The SMILES string of the molecule is CC(C)C(C)(CN)NC(=O)c1ccc(F)cc1I.Cl. The topological polar surface area (TPSA) is 55.1 Å². The highest BCUT2D eigenvalue weighted by Gasteiger charge is 2.29. The third kappa shape index (κ3) is 4.57. The van der Waals surface area contributed by atoms with E-state index in [1.165, 1.54) is 18.2 Å². The van der Waals surface area contributed by atoms with Crippen molar-refractivity contribution >= 4 is 40.9 Å². The molecule has 0 aliphatic heterocycles. The molecule has 0 saturated heterocycles. The Morgan fingerprint density at radius 3 is 2.53 bits per heavy atom. The number of hydrogen-bond donors (Lipinski definition) is 2. The molecule has 1 amide bonds. The standard InChI is InChI=1S/C13H18FIN2O.ClH/c1-8(2)13(3,7-16)17-12(18)10-5-4-9(14)6-11(10)15;/h4-6,8H,7,16H2,1-3H3,(H,17,18);1H. The molecule has 0 aromatic heterocycles. The molecule has 3 N–H and O–H groups in total. The van der Waals surface area contributed by atoms with E-state index in [2.05, 4.69) is 5.32 Å². The summed E-state index contributed by atoms with van der Waals surface area (Å²) < 4.78 is 13.6. The summed E-state index contributed by atoms with van der Waals surface area (Å²) in [5.74, 6) is -0.355. The van der Waals surface area contributed by atoms with Crippen LogP contribution in [0.5, 0.6) is 0 Å². The lowest BCUT2D eigenvalue weighted by Gasteiger charge is -2.33. The maximum absolute atomic E-state index is 13.0. The van der Waals surface area contributed by atoms with Crippen LogP contribution in [0.15, 0.2) is 18.2 Å². The van der Waals surface area contributed by atoms with Gasteiger partial charge in [0.25, 0.3) is 5.91 Å². The van der Waals surface area contributed by atoms with Crippen molar-refractivity contribution in [3.05, 3.63) is 33.1 Å². The predicted octanol–water partition coefficient (Wildman–Crippen LogP) is 2.96. The molecular weight excluding hydrogens is 382 g/mol. The van der Waals surface area contributed by atoms with Crippen LogP contribution >= 0.6 is 35.0 Å². The van der Waals surface area contributed by atoms with Crippen molar-refractivity contribution in [2.24, 2.45) is 11.7 Å². The van der Waals surface area contributed by atoms with Crippen LogP contribution in [0.2, 0.25) is 0 Å². The number of nitrogens with two attached hydrogens (primary N) is 1. The summed E-state index contributed by atoms with van der Waals surface area (Å²) in [4.78, 5) is 12.2. The summed E-state index contributed by atoms with van der Waals surface area (Å²) in [6.45, 7) is 6.27. The van der Waals surface area contributed by atoms with Gasteiger partial charge in [0.1, 0.15) is 5.82 Å². The van der Waals surface area contributed by atoms with Gasteiger partial charge in [-0.1, -0.05) is 13.8 Å².